The Morgan fingerprint density at radius 2 is 2.06 bits per heavy atom. The molecule has 1 atom stereocenters. The van der Waals surface area contributed by atoms with E-state index in [1.165, 1.54) is 24.2 Å². The number of hydrogen-bond acceptors (Lipinski definition) is 3. The first-order valence-electron chi connectivity index (χ1n) is 6.92. The van der Waals surface area contributed by atoms with Gasteiger partial charge in [0.1, 0.15) is 0 Å². The van der Waals surface area contributed by atoms with Gasteiger partial charge in [-0.3, -0.25) is 4.99 Å². The summed E-state index contributed by atoms with van der Waals surface area (Å²) in [5.74, 6) is 1.73. The van der Waals surface area contributed by atoms with Gasteiger partial charge in [-0.1, -0.05) is 36.8 Å². The van der Waals surface area contributed by atoms with Crippen molar-refractivity contribution in [2.45, 2.75) is 25.7 Å². The smallest absolute Gasteiger partial charge is 0.0999 e. The van der Waals surface area contributed by atoms with E-state index in [0.717, 1.165) is 32.5 Å². The highest BCUT2D eigenvalue weighted by Crippen LogP contribution is 2.17. The van der Waals surface area contributed by atoms with Gasteiger partial charge in [0.15, 0.2) is 0 Å². The number of nitrogens with two attached hydrogens (primary N) is 1. The van der Waals surface area contributed by atoms with Crippen molar-refractivity contribution < 1.29 is 0 Å². The standard InChI is InChI=1S/C15H23N3/c16-9-5-4-8-14(15-17-10-11-18-15)12-13-6-2-1-3-7-13/h1-3,6-7,14H,4-5,8-12,16H2,(H,17,18). The van der Waals surface area contributed by atoms with Crippen LogP contribution in [0.25, 0.3) is 0 Å². The minimum absolute atomic E-state index is 0.529. The molecule has 1 aromatic carbocycles. The Morgan fingerprint density at radius 1 is 1.22 bits per heavy atom. The largest absolute Gasteiger partial charge is 0.372 e. The summed E-state index contributed by atoms with van der Waals surface area (Å²) in [7, 11) is 0. The van der Waals surface area contributed by atoms with Gasteiger partial charge >= 0.3 is 0 Å². The average molecular weight is 245 g/mol. The lowest BCUT2D eigenvalue weighted by molar-refractivity contribution is 0.561. The van der Waals surface area contributed by atoms with Crippen LogP contribution in [-0.2, 0) is 6.42 Å². The van der Waals surface area contributed by atoms with Gasteiger partial charge in [0.05, 0.1) is 12.4 Å². The number of unbranched alkanes of at least 4 members (excludes halogenated alkanes) is 1. The Balaban J connectivity index is 1.95. The number of amidine groups is 1. The third kappa shape index (κ3) is 3.84. The molecule has 3 N–H and O–H groups in total. The van der Waals surface area contributed by atoms with Crippen LogP contribution in [0.1, 0.15) is 24.8 Å². The molecule has 1 aromatic rings. The normalized spacial score (nSPS) is 16.2. The summed E-state index contributed by atoms with van der Waals surface area (Å²) in [5, 5.41) is 3.42. The summed E-state index contributed by atoms with van der Waals surface area (Å²) in [6, 6.07) is 10.7. The molecular formula is C15H23N3. The summed E-state index contributed by atoms with van der Waals surface area (Å²) < 4.78 is 0. The van der Waals surface area contributed by atoms with E-state index < -0.39 is 0 Å². The topological polar surface area (TPSA) is 50.4 Å². The van der Waals surface area contributed by atoms with Crippen molar-refractivity contribution in [3.63, 3.8) is 0 Å². The highest BCUT2D eigenvalue weighted by atomic mass is 15.1. The lowest BCUT2D eigenvalue weighted by Gasteiger charge is -2.17. The Labute approximate surface area is 109 Å². The predicted octanol–water partition coefficient (Wildman–Crippen LogP) is 1.98. The summed E-state index contributed by atoms with van der Waals surface area (Å²) in [6.07, 6.45) is 4.56. The maximum absolute atomic E-state index is 5.57. The van der Waals surface area contributed by atoms with E-state index in [1.807, 2.05) is 0 Å². The first kappa shape index (κ1) is 13.1. The van der Waals surface area contributed by atoms with Crippen LogP contribution in [0.3, 0.4) is 0 Å². The molecule has 0 fully saturated rings. The second-order valence-corrected chi connectivity index (χ2v) is 4.86. The monoisotopic (exact) mass is 245 g/mol. The van der Waals surface area contributed by atoms with Crippen LogP contribution >= 0.6 is 0 Å². The van der Waals surface area contributed by atoms with E-state index in [1.54, 1.807) is 0 Å². The van der Waals surface area contributed by atoms with Crippen LogP contribution in [-0.4, -0.2) is 25.5 Å². The fraction of sp³-hybridized carbons (Fsp3) is 0.533. The minimum Gasteiger partial charge on any atom is -0.372 e. The van der Waals surface area contributed by atoms with E-state index in [4.69, 9.17) is 5.73 Å². The van der Waals surface area contributed by atoms with Gasteiger partial charge in [-0.25, -0.2) is 0 Å². The van der Waals surface area contributed by atoms with Crippen LogP contribution < -0.4 is 11.1 Å². The third-order valence-corrected chi connectivity index (χ3v) is 3.42. The van der Waals surface area contributed by atoms with Crippen LogP contribution in [0, 0.1) is 5.92 Å². The van der Waals surface area contributed by atoms with Gasteiger partial charge < -0.3 is 11.1 Å². The Bertz CT molecular complexity index is 373. The highest BCUT2D eigenvalue weighted by Gasteiger charge is 2.18. The zero-order valence-corrected chi connectivity index (χ0v) is 10.9. The first-order chi connectivity index (χ1) is 8.90. The van der Waals surface area contributed by atoms with E-state index in [0.29, 0.717) is 5.92 Å². The van der Waals surface area contributed by atoms with Crippen molar-refractivity contribution >= 4 is 5.84 Å². The molecular weight excluding hydrogens is 222 g/mol. The molecule has 2 rings (SSSR count). The summed E-state index contributed by atoms with van der Waals surface area (Å²) in [4.78, 5) is 4.59. The molecule has 0 radical (unpaired) electrons. The predicted molar refractivity (Wildman–Crippen MR) is 76.8 cm³/mol. The number of benzene rings is 1. The van der Waals surface area contributed by atoms with Gasteiger partial charge in [-0.15, -0.1) is 0 Å². The Morgan fingerprint density at radius 3 is 2.72 bits per heavy atom. The van der Waals surface area contributed by atoms with Gasteiger partial charge in [0, 0.05) is 12.5 Å². The average Bonchev–Trinajstić information content (AvgIpc) is 2.93. The van der Waals surface area contributed by atoms with Crippen LogP contribution in [0.2, 0.25) is 0 Å². The van der Waals surface area contributed by atoms with E-state index in [2.05, 4.69) is 40.6 Å². The number of rotatable bonds is 7. The van der Waals surface area contributed by atoms with Crippen LogP contribution in [0.5, 0.6) is 0 Å². The highest BCUT2D eigenvalue weighted by molar-refractivity contribution is 5.86. The molecule has 0 aromatic heterocycles. The quantitative estimate of drug-likeness (QED) is 0.722. The second kappa shape index (κ2) is 7.17. The fourth-order valence-corrected chi connectivity index (χ4v) is 2.46. The second-order valence-electron chi connectivity index (χ2n) is 4.86. The molecule has 3 heteroatoms. The van der Waals surface area contributed by atoms with Crippen molar-refractivity contribution in [3.05, 3.63) is 35.9 Å². The molecule has 1 aliphatic heterocycles. The Kier molecular flexibility index (Phi) is 5.21. The van der Waals surface area contributed by atoms with Crippen molar-refractivity contribution in [3.8, 4) is 0 Å². The van der Waals surface area contributed by atoms with E-state index in [9.17, 15) is 0 Å². The first-order valence-corrected chi connectivity index (χ1v) is 6.92. The Hall–Kier alpha value is -1.35. The lowest BCUT2D eigenvalue weighted by atomic mass is 9.93. The van der Waals surface area contributed by atoms with Gasteiger partial charge in [-0.05, 0) is 31.4 Å². The molecule has 0 saturated heterocycles. The van der Waals surface area contributed by atoms with Crippen molar-refractivity contribution in [1.29, 1.82) is 0 Å². The van der Waals surface area contributed by atoms with Crippen LogP contribution in [0.15, 0.2) is 35.3 Å². The van der Waals surface area contributed by atoms with Crippen LogP contribution in [0.4, 0.5) is 0 Å². The van der Waals surface area contributed by atoms with Crippen molar-refractivity contribution in [2.24, 2.45) is 16.6 Å². The SMILES string of the molecule is NCCCCC(Cc1ccccc1)C1=NCCN1. The number of aliphatic imine (C=N–C) groups is 1. The molecule has 18 heavy (non-hydrogen) atoms. The number of hydrogen-bond donors (Lipinski definition) is 2. The lowest BCUT2D eigenvalue weighted by Crippen LogP contribution is -2.28. The molecule has 1 aliphatic rings. The molecule has 0 saturated carbocycles. The minimum atomic E-state index is 0.529. The fourth-order valence-electron chi connectivity index (χ4n) is 2.46. The molecule has 0 aliphatic carbocycles. The molecule has 1 heterocycles. The summed E-state index contributed by atoms with van der Waals surface area (Å²) in [5.41, 5.74) is 6.97. The molecule has 1 unspecified atom stereocenters. The van der Waals surface area contributed by atoms with Gasteiger partial charge in [0.2, 0.25) is 0 Å². The zero-order chi connectivity index (χ0) is 12.6. The summed E-state index contributed by atoms with van der Waals surface area (Å²) >= 11 is 0. The molecule has 98 valence electrons. The maximum Gasteiger partial charge on any atom is 0.0999 e. The van der Waals surface area contributed by atoms with Gasteiger partial charge in [0.25, 0.3) is 0 Å². The zero-order valence-electron chi connectivity index (χ0n) is 10.9. The van der Waals surface area contributed by atoms with Crippen molar-refractivity contribution in [2.75, 3.05) is 19.6 Å². The van der Waals surface area contributed by atoms with E-state index in [-0.39, 0.29) is 0 Å². The molecule has 0 amide bonds. The molecule has 0 spiro atoms. The number of nitrogens with zero attached hydrogens (tertiary/aromatic N) is 1. The molecule has 0 bridgehead atoms. The molecule has 3 nitrogen and oxygen atoms in total. The van der Waals surface area contributed by atoms with Gasteiger partial charge in [-0.2, -0.15) is 0 Å². The third-order valence-electron chi connectivity index (χ3n) is 3.42. The van der Waals surface area contributed by atoms with Crippen molar-refractivity contribution in [1.82, 2.24) is 5.32 Å². The summed E-state index contributed by atoms with van der Waals surface area (Å²) in [6.45, 7) is 2.72. The maximum atomic E-state index is 5.57. The number of nitrogens with one attached hydrogen (secondary N) is 1. The van der Waals surface area contributed by atoms with E-state index >= 15 is 0 Å².